The molecule has 1 heterocycles. The van der Waals surface area contributed by atoms with Gasteiger partial charge in [0.05, 0.1) is 20.3 Å². The van der Waals surface area contributed by atoms with E-state index in [0.29, 0.717) is 19.7 Å². The van der Waals surface area contributed by atoms with Gasteiger partial charge in [0, 0.05) is 13.1 Å². The maximum atomic E-state index is 5.64. The normalized spacial score (nSPS) is 12.6. The molecule has 0 bridgehead atoms. The minimum atomic E-state index is 0.280. The molecule has 0 unspecified atom stereocenters. The molecule has 0 radical (unpaired) electrons. The van der Waals surface area contributed by atoms with Gasteiger partial charge in [-0.25, -0.2) is 4.99 Å². The molecule has 3 rings (SSSR count). The largest absolute Gasteiger partial charge is 0.493 e. The van der Waals surface area contributed by atoms with Crippen molar-refractivity contribution in [1.82, 2.24) is 10.6 Å². The molecule has 7 nitrogen and oxygen atoms in total. The first-order valence-electron chi connectivity index (χ1n) is 9.44. The summed E-state index contributed by atoms with van der Waals surface area (Å²) in [4.78, 5) is 4.67. The third-order valence-electron chi connectivity index (χ3n) is 4.19. The van der Waals surface area contributed by atoms with Crippen LogP contribution in [0.25, 0.3) is 0 Å². The predicted octanol–water partition coefficient (Wildman–Crippen LogP) is 3.08. The fourth-order valence-electron chi connectivity index (χ4n) is 2.84. The number of hydrogen-bond donors (Lipinski definition) is 2. The molecule has 0 saturated heterocycles. The number of methoxy groups -OCH3 is 1. The second-order valence-electron chi connectivity index (χ2n) is 6.15. The number of guanidine groups is 1. The number of nitrogens with zero attached hydrogens (tertiary/aromatic N) is 1. The minimum Gasteiger partial charge on any atom is -0.493 e. The lowest BCUT2D eigenvalue weighted by molar-refractivity contribution is 0.174. The van der Waals surface area contributed by atoms with Gasteiger partial charge >= 0.3 is 0 Å². The molecular weight excluding hydrogens is 358 g/mol. The molecule has 0 aliphatic carbocycles. The van der Waals surface area contributed by atoms with Crippen LogP contribution in [0.5, 0.6) is 23.0 Å². The molecule has 1 aliphatic heterocycles. The van der Waals surface area contributed by atoms with Crippen LogP contribution in [-0.4, -0.2) is 33.0 Å². The molecule has 2 N–H and O–H groups in total. The summed E-state index contributed by atoms with van der Waals surface area (Å²) in [5.74, 6) is 3.77. The van der Waals surface area contributed by atoms with Crippen LogP contribution in [0.1, 0.15) is 25.0 Å². The Labute approximate surface area is 165 Å². The zero-order chi connectivity index (χ0) is 19.8. The zero-order valence-electron chi connectivity index (χ0n) is 16.6. The maximum absolute atomic E-state index is 5.64. The van der Waals surface area contributed by atoms with Crippen LogP contribution in [-0.2, 0) is 13.1 Å². The fourth-order valence-corrected chi connectivity index (χ4v) is 2.84. The van der Waals surface area contributed by atoms with Crippen LogP contribution in [0.15, 0.2) is 41.4 Å². The lowest BCUT2D eigenvalue weighted by Crippen LogP contribution is -2.36. The number of ether oxygens (including phenoxy) is 4. The van der Waals surface area contributed by atoms with Crippen molar-refractivity contribution in [3.63, 3.8) is 0 Å². The van der Waals surface area contributed by atoms with Crippen molar-refractivity contribution in [2.24, 2.45) is 4.99 Å². The van der Waals surface area contributed by atoms with E-state index < -0.39 is 0 Å². The topological polar surface area (TPSA) is 73.3 Å². The molecule has 2 aromatic carbocycles. The van der Waals surface area contributed by atoms with Gasteiger partial charge < -0.3 is 29.6 Å². The van der Waals surface area contributed by atoms with E-state index in [1.54, 1.807) is 7.11 Å². The Kier molecular flexibility index (Phi) is 6.84. The first kappa shape index (κ1) is 19.7. The summed E-state index contributed by atoms with van der Waals surface area (Å²) >= 11 is 0. The van der Waals surface area contributed by atoms with Gasteiger partial charge in [-0.15, -0.1) is 0 Å². The molecule has 0 amide bonds. The van der Waals surface area contributed by atoms with Gasteiger partial charge in [0.2, 0.25) is 6.79 Å². The summed E-state index contributed by atoms with van der Waals surface area (Å²) in [6.45, 7) is 6.80. The summed E-state index contributed by atoms with van der Waals surface area (Å²) in [6, 6.07) is 11.8. The van der Waals surface area contributed by atoms with E-state index in [9.17, 15) is 0 Å². The number of fused-ring (bicyclic) bond motifs is 1. The van der Waals surface area contributed by atoms with Gasteiger partial charge in [-0.3, -0.25) is 0 Å². The first-order chi connectivity index (χ1) is 13.7. The van der Waals surface area contributed by atoms with Gasteiger partial charge in [0.1, 0.15) is 0 Å². The summed E-state index contributed by atoms with van der Waals surface area (Å²) < 4.78 is 21.8. The second-order valence-corrected chi connectivity index (χ2v) is 6.15. The van der Waals surface area contributed by atoms with Crippen LogP contribution < -0.4 is 29.6 Å². The van der Waals surface area contributed by atoms with Gasteiger partial charge in [-0.1, -0.05) is 12.1 Å². The van der Waals surface area contributed by atoms with Crippen LogP contribution in [0.2, 0.25) is 0 Å². The predicted molar refractivity (Wildman–Crippen MR) is 108 cm³/mol. The number of aliphatic imine (C=N–C) groups is 1. The highest BCUT2D eigenvalue weighted by Gasteiger charge is 2.13. The minimum absolute atomic E-state index is 0.280. The van der Waals surface area contributed by atoms with Gasteiger partial charge in [-0.05, 0) is 49.2 Å². The number of benzene rings is 2. The molecule has 150 valence electrons. The fraction of sp³-hybridized carbons (Fsp3) is 0.381. The van der Waals surface area contributed by atoms with Gasteiger partial charge in [0.15, 0.2) is 29.0 Å². The zero-order valence-corrected chi connectivity index (χ0v) is 16.6. The third kappa shape index (κ3) is 5.00. The van der Waals surface area contributed by atoms with Crippen LogP contribution in [0.4, 0.5) is 0 Å². The molecular formula is C21H27N3O4. The van der Waals surface area contributed by atoms with E-state index >= 15 is 0 Å². The molecule has 28 heavy (non-hydrogen) atoms. The average Bonchev–Trinajstić information content (AvgIpc) is 3.18. The van der Waals surface area contributed by atoms with E-state index in [1.165, 1.54) is 0 Å². The summed E-state index contributed by atoms with van der Waals surface area (Å²) in [7, 11) is 1.64. The Hall–Kier alpha value is -3.09. The van der Waals surface area contributed by atoms with Crippen LogP contribution in [0, 0.1) is 0 Å². The van der Waals surface area contributed by atoms with Gasteiger partial charge in [0.25, 0.3) is 0 Å². The molecule has 0 spiro atoms. The van der Waals surface area contributed by atoms with Crippen molar-refractivity contribution in [2.75, 3.05) is 27.1 Å². The number of nitrogens with one attached hydrogen (secondary N) is 2. The maximum Gasteiger partial charge on any atom is 0.231 e. The third-order valence-corrected chi connectivity index (χ3v) is 4.19. The summed E-state index contributed by atoms with van der Waals surface area (Å²) in [6.07, 6.45) is 0. The number of hydrogen-bond acceptors (Lipinski definition) is 5. The molecule has 0 fully saturated rings. The van der Waals surface area contributed by atoms with Crippen molar-refractivity contribution in [2.45, 2.75) is 26.9 Å². The van der Waals surface area contributed by atoms with Crippen molar-refractivity contribution in [3.8, 4) is 23.0 Å². The monoisotopic (exact) mass is 385 g/mol. The van der Waals surface area contributed by atoms with Crippen LogP contribution >= 0.6 is 0 Å². The molecule has 1 aliphatic rings. The lowest BCUT2D eigenvalue weighted by Gasteiger charge is -2.13. The SMILES string of the molecule is CCNC(=NCc1ccc(OC)c(OCC)c1)NCc1ccc2c(c1)OCO2. The highest BCUT2D eigenvalue weighted by atomic mass is 16.7. The Bertz CT molecular complexity index is 823. The Balaban J connectivity index is 1.64. The highest BCUT2D eigenvalue weighted by Crippen LogP contribution is 2.32. The summed E-state index contributed by atoms with van der Waals surface area (Å²) in [5.41, 5.74) is 2.14. The van der Waals surface area contributed by atoms with Crippen molar-refractivity contribution < 1.29 is 18.9 Å². The molecule has 0 aromatic heterocycles. The number of rotatable bonds is 8. The van der Waals surface area contributed by atoms with Crippen molar-refractivity contribution in [3.05, 3.63) is 47.5 Å². The highest BCUT2D eigenvalue weighted by molar-refractivity contribution is 5.79. The van der Waals surface area contributed by atoms with Crippen LogP contribution in [0.3, 0.4) is 0 Å². The van der Waals surface area contributed by atoms with E-state index in [0.717, 1.165) is 46.6 Å². The average molecular weight is 385 g/mol. The van der Waals surface area contributed by atoms with E-state index in [4.69, 9.17) is 18.9 Å². The molecule has 2 aromatic rings. The summed E-state index contributed by atoms with van der Waals surface area (Å²) in [5, 5.41) is 6.61. The lowest BCUT2D eigenvalue weighted by atomic mass is 10.2. The van der Waals surface area contributed by atoms with Crippen molar-refractivity contribution >= 4 is 5.96 Å². The van der Waals surface area contributed by atoms with E-state index in [2.05, 4.69) is 15.6 Å². The molecule has 7 heteroatoms. The Morgan fingerprint density at radius 2 is 1.82 bits per heavy atom. The molecule has 0 saturated carbocycles. The Morgan fingerprint density at radius 3 is 2.61 bits per heavy atom. The standard InChI is InChI=1S/C21H27N3O4/c1-4-22-21(24-13-16-7-9-18-20(11-16)28-14-27-18)23-12-15-6-8-17(25-3)19(10-15)26-5-2/h6-11H,4-5,12-14H2,1-3H3,(H2,22,23,24). The Morgan fingerprint density at radius 1 is 1.00 bits per heavy atom. The van der Waals surface area contributed by atoms with E-state index in [1.807, 2.05) is 50.2 Å². The van der Waals surface area contributed by atoms with E-state index in [-0.39, 0.29) is 6.79 Å². The van der Waals surface area contributed by atoms with Crippen molar-refractivity contribution in [1.29, 1.82) is 0 Å². The first-order valence-corrected chi connectivity index (χ1v) is 9.44. The smallest absolute Gasteiger partial charge is 0.231 e. The van der Waals surface area contributed by atoms with Gasteiger partial charge in [-0.2, -0.15) is 0 Å². The quantitative estimate of drug-likeness (QED) is 0.537. The molecule has 0 atom stereocenters. The second kappa shape index (κ2) is 9.73.